The lowest BCUT2D eigenvalue weighted by molar-refractivity contribution is -0.180. The average Bonchev–Trinajstić information content (AvgIpc) is 3.02. The van der Waals surface area contributed by atoms with Crippen LogP contribution in [0.1, 0.15) is 27.7 Å². The maximum Gasteiger partial charge on any atom is 0.0767 e. The summed E-state index contributed by atoms with van der Waals surface area (Å²) in [6.45, 7) is 13.1. The van der Waals surface area contributed by atoms with Gasteiger partial charge in [-0.05, 0) is 0 Å². The van der Waals surface area contributed by atoms with Crippen LogP contribution in [0.4, 0.5) is 0 Å². The summed E-state index contributed by atoms with van der Waals surface area (Å²) in [5, 5.41) is 7.16. The van der Waals surface area contributed by atoms with Crippen LogP contribution >= 0.6 is 0 Å². The lowest BCUT2D eigenvalue weighted by atomic mass is 10.5. The van der Waals surface area contributed by atoms with Crippen LogP contribution in [0.15, 0.2) is 12.2 Å². The van der Waals surface area contributed by atoms with E-state index in [-0.39, 0.29) is 0 Å². The molecule has 0 unspecified atom stereocenters. The molecule has 0 saturated heterocycles. The molecule has 0 radical (unpaired) electrons. The van der Waals surface area contributed by atoms with E-state index in [1.54, 1.807) is 0 Å². The third-order valence-corrected chi connectivity index (χ3v) is 2.67. The second kappa shape index (κ2) is 5.49. The molecule has 0 amide bonds. The lowest BCUT2D eigenvalue weighted by Crippen LogP contribution is -2.54. The number of nitrogens with zero attached hydrogens (tertiary/aromatic N) is 3. The van der Waals surface area contributed by atoms with Crippen molar-refractivity contribution in [2.24, 2.45) is 0 Å². The van der Waals surface area contributed by atoms with E-state index in [1.165, 1.54) is 0 Å². The summed E-state index contributed by atoms with van der Waals surface area (Å²) >= 11 is 0. The zero-order chi connectivity index (χ0) is 10.6. The van der Waals surface area contributed by atoms with Crippen molar-refractivity contribution in [3.8, 4) is 0 Å². The standard InChI is InChI=1S/C11H23N3/c1-5-12(6-2)14(11-9-10-11)13(7-3)8-4/h9-11H,5-8H2,1-4H3. The van der Waals surface area contributed by atoms with Gasteiger partial charge in [0.1, 0.15) is 0 Å². The van der Waals surface area contributed by atoms with Crippen molar-refractivity contribution in [3.63, 3.8) is 0 Å². The maximum absolute atomic E-state index is 2.39. The van der Waals surface area contributed by atoms with Crippen LogP contribution in [0.3, 0.4) is 0 Å². The Hall–Kier alpha value is -0.380. The molecule has 0 aromatic carbocycles. The van der Waals surface area contributed by atoms with Gasteiger partial charge in [-0.1, -0.05) is 39.8 Å². The fourth-order valence-corrected chi connectivity index (χ4v) is 1.79. The van der Waals surface area contributed by atoms with Crippen molar-refractivity contribution in [1.82, 2.24) is 15.1 Å². The van der Waals surface area contributed by atoms with Gasteiger partial charge in [-0.15, -0.1) is 0 Å². The highest BCUT2D eigenvalue weighted by molar-refractivity contribution is 5.19. The van der Waals surface area contributed by atoms with Crippen LogP contribution in [0.5, 0.6) is 0 Å². The highest BCUT2D eigenvalue weighted by Crippen LogP contribution is 2.19. The molecule has 0 spiro atoms. The van der Waals surface area contributed by atoms with Gasteiger partial charge in [-0.25, -0.2) is 10.0 Å². The molecule has 14 heavy (non-hydrogen) atoms. The Morgan fingerprint density at radius 3 is 1.36 bits per heavy atom. The molecule has 82 valence electrons. The molecule has 1 aliphatic carbocycles. The molecule has 0 aliphatic heterocycles. The van der Waals surface area contributed by atoms with E-state index in [1.807, 2.05) is 0 Å². The average molecular weight is 197 g/mol. The molecule has 0 N–H and O–H groups in total. The van der Waals surface area contributed by atoms with E-state index in [2.05, 4.69) is 55.0 Å². The molecule has 0 aromatic rings. The largest absolute Gasteiger partial charge is 0.228 e. The summed E-state index contributed by atoms with van der Waals surface area (Å²) in [5.41, 5.74) is 0. The predicted octanol–water partition coefficient (Wildman–Crippen LogP) is 1.74. The van der Waals surface area contributed by atoms with Crippen LogP contribution in [0, 0.1) is 0 Å². The number of hydrogen-bond acceptors (Lipinski definition) is 3. The predicted molar refractivity (Wildman–Crippen MR) is 60.6 cm³/mol. The van der Waals surface area contributed by atoms with Crippen molar-refractivity contribution in [2.45, 2.75) is 33.7 Å². The van der Waals surface area contributed by atoms with Crippen LogP contribution in [-0.4, -0.2) is 47.4 Å². The van der Waals surface area contributed by atoms with Crippen LogP contribution < -0.4 is 0 Å². The topological polar surface area (TPSA) is 9.72 Å². The monoisotopic (exact) mass is 197 g/mol. The van der Waals surface area contributed by atoms with Crippen molar-refractivity contribution in [1.29, 1.82) is 0 Å². The van der Waals surface area contributed by atoms with Gasteiger partial charge >= 0.3 is 0 Å². The first-order chi connectivity index (χ1) is 6.78. The molecule has 0 fully saturated rings. The first kappa shape index (κ1) is 11.7. The summed E-state index contributed by atoms with van der Waals surface area (Å²) in [4.78, 5) is 0. The molecule has 3 nitrogen and oxygen atoms in total. The lowest BCUT2D eigenvalue weighted by Gasteiger charge is -2.41. The molecule has 0 heterocycles. The van der Waals surface area contributed by atoms with Gasteiger partial charge in [0.25, 0.3) is 0 Å². The Morgan fingerprint density at radius 2 is 1.14 bits per heavy atom. The Balaban J connectivity index is 2.60. The third-order valence-electron chi connectivity index (χ3n) is 2.67. The Morgan fingerprint density at radius 1 is 0.786 bits per heavy atom. The summed E-state index contributed by atoms with van der Waals surface area (Å²) in [5.74, 6) is 0. The van der Waals surface area contributed by atoms with Crippen LogP contribution in [-0.2, 0) is 0 Å². The quantitative estimate of drug-likeness (QED) is 0.455. The number of rotatable bonds is 7. The summed E-state index contributed by atoms with van der Waals surface area (Å²) in [6, 6.07) is 0.537. The fraction of sp³-hybridized carbons (Fsp3) is 0.818. The molecule has 0 bridgehead atoms. The Bertz CT molecular complexity index is 165. The van der Waals surface area contributed by atoms with Gasteiger partial charge in [0, 0.05) is 26.2 Å². The smallest absolute Gasteiger partial charge is 0.0767 e. The molecule has 3 heteroatoms. The van der Waals surface area contributed by atoms with E-state index in [9.17, 15) is 0 Å². The van der Waals surface area contributed by atoms with Gasteiger partial charge in [0.15, 0.2) is 0 Å². The molecule has 0 saturated carbocycles. The minimum Gasteiger partial charge on any atom is -0.228 e. The van der Waals surface area contributed by atoms with E-state index in [0.717, 1.165) is 26.2 Å². The summed E-state index contributed by atoms with van der Waals surface area (Å²) in [6.07, 6.45) is 4.49. The Labute approximate surface area is 87.9 Å². The minimum absolute atomic E-state index is 0.537. The first-order valence-corrected chi connectivity index (χ1v) is 5.75. The normalized spacial score (nSPS) is 16.2. The zero-order valence-corrected chi connectivity index (χ0v) is 9.90. The van der Waals surface area contributed by atoms with Crippen molar-refractivity contribution in [3.05, 3.63) is 12.2 Å². The second-order valence-corrected chi connectivity index (χ2v) is 3.47. The highest BCUT2D eigenvalue weighted by atomic mass is 15.9. The van der Waals surface area contributed by atoms with Crippen molar-refractivity contribution in [2.75, 3.05) is 26.2 Å². The van der Waals surface area contributed by atoms with Gasteiger partial charge < -0.3 is 0 Å². The fourth-order valence-electron chi connectivity index (χ4n) is 1.79. The molecular weight excluding hydrogens is 174 g/mol. The Kier molecular flexibility index (Phi) is 4.58. The molecule has 0 atom stereocenters. The summed E-state index contributed by atoms with van der Waals surface area (Å²) in [7, 11) is 0. The first-order valence-electron chi connectivity index (χ1n) is 5.75. The molecular formula is C11H23N3. The second-order valence-electron chi connectivity index (χ2n) is 3.47. The third kappa shape index (κ3) is 2.56. The number of hydrogen-bond donors (Lipinski definition) is 0. The van der Waals surface area contributed by atoms with Crippen LogP contribution in [0.25, 0.3) is 0 Å². The summed E-state index contributed by atoms with van der Waals surface area (Å²) < 4.78 is 0. The van der Waals surface area contributed by atoms with E-state index >= 15 is 0 Å². The minimum atomic E-state index is 0.537. The van der Waals surface area contributed by atoms with Crippen LogP contribution in [0.2, 0.25) is 0 Å². The molecule has 1 aliphatic rings. The van der Waals surface area contributed by atoms with Crippen molar-refractivity contribution < 1.29 is 0 Å². The highest BCUT2D eigenvalue weighted by Gasteiger charge is 2.28. The SMILES string of the molecule is CCN(CC)N(C1C=C1)N(CC)CC. The van der Waals surface area contributed by atoms with Gasteiger partial charge in [0.05, 0.1) is 6.04 Å². The van der Waals surface area contributed by atoms with E-state index in [0.29, 0.717) is 6.04 Å². The van der Waals surface area contributed by atoms with Gasteiger partial charge in [0.2, 0.25) is 0 Å². The zero-order valence-electron chi connectivity index (χ0n) is 9.90. The van der Waals surface area contributed by atoms with Gasteiger partial charge in [-0.3, -0.25) is 0 Å². The number of hydrazine groups is 2. The van der Waals surface area contributed by atoms with Crippen molar-refractivity contribution >= 4 is 0 Å². The van der Waals surface area contributed by atoms with E-state index < -0.39 is 0 Å². The van der Waals surface area contributed by atoms with Gasteiger partial charge in [-0.2, -0.15) is 5.12 Å². The maximum atomic E-state index is 2.39. The molecule has 0 aromatic heterocycles. The van der Waals surface area contributed by atoms with E-state index in [4.69, 9.17) is 0 Å². The molecule has 1 rings (SSSR count).